The Morgan fingerprint density at radius 1 is 1.25 bits per heavy atom. The lowest BCUT2D eigenvalue weighted by Crippen LogP contribution is -2.48. The zero-order valence-corrected chi connectivity index (χ0v) is 14.6. The maximum absolute atomic E-state index is 12.8. The molecule has 1 aromatic carbocycles. The molecule has 1 aliphatic rings. The number of hydrogen-bond acceptors (Lipinski definition) is 5. The largest absolute Gasteiger partial charge is 0.382 e. The standard InChI is InChI=1S/C16H22N4O3S/c1-13(2)20-11-15(17-18-20)16(21)9-6-10-19(12-16)24(22,23)14-7-4-3-5-8-14/h3-5,7-8,11,13,21H,6,9-10,12H2,1-2H3/t16-/m0/s1. The Balaban J connectivity index is 1.88. The third-order valence-corrected chi connectivity index (χ3v) is 6.19. The summed E-state index contributed by atoms with van der Waals surface area (Å²) in [6, 6.07) is 8.42. The van der Waals surface area contributed by atoms with Gasteiger partial charge in [-0.15, -0.1) is 5.10 Å². The maximum Gasteiger partial charge on any atom is 0.243 e. The highest BCUT2D eigenvalue weighted by Crippen LogP contribution is 2.33. The lowest BCUT2D eigenvalue weighted by atomic mass is 9.91. The summed E-state index contributed by atoms with van der Waals surface area (Å²) in [6.07, 6.45) is 2.73. The fourth-order valence-electron chi connectivity index (χ4n) is 2.90. The van der Waals surface area contributed by atoms with Gasteiger partial charge < -0.3 is 5.11 Å². The van der Waals surface area contributed by atoms with Crippen LogP contribution in [0.5, 0.6) is 0 Å². The van der Waals surface area contributed by atoms with Crippen LogP contribution in [-0.2, 0) is 15.6 Å². The fraction of sp³-hybridized carbons (Fsp3) is 0.500. The number of sulfonamides is 1. The third kappa shape index (κ3) is 3.09. The van der Waals surface area contributed by atoms with Crippen LogP contribution in [-0.4, -0.2) is 45.9 Å². The van der Waals surface area contributed by atoms with Crippen molar-refractivity contribution >= 4 is 10.0 Å². The minimum absolute atomic E-state index is 0.0129. The molecule has 1 aliphatic heterocycles. The lowest BCUT2D eigenvalue weighted by Gasteiger charge is -2.37. The predicted molar refractivity (Wildman–Crippen MR) is 88.7 cm³/mol. The summed E-state index contributed by atoms with van der Waals surface area (Å²) in [6.45, 7) is 4.31. The van der Waals surface area contributed by atoms with Crippen LogP contribution in [0.4, 0.5) is 0 Å². The van der Waals surface area contributed by atoms with Crippen molar-refractivity contribution in [3.05, 3.63) is 42.2 Å². The molecule has 7 nitrogen and oxygen atoms in total. The SMILES string of the molecule is CC(C)n1cc([C@]2(O)CCCN(S(=O)(=O)c3ccccc3)C2)nn1. The summed E-state index contributed by atoms with van der Waals surface area (Å²) in [5.41, 5.74) is -0.892. The van der Waals surface area contributed by atoms with Gasteiger partial charge in [-0.25, -0.2) is 13.1 Å². The molecule has 1 fully saturated rings. The average molecular weight is 350 g/mol. The predicted octanol–water partition coefficient (Wildman–Crippen LogP) is 1.53. The molecule has 0 bridgehead atoms. The third-order valence-electron chi connectivity index (χ3n) is 4.33. The first kappa shape index (κ1) is 17.1. The highest BCUT2D eigenvalue weighted by molar-refractivity contribution is 7.89. The molecule has 2 aromatic rings. The number of rotatable bonds is 4. The van der Waals surface area contributed by atoms with Gasteiger partial charge in [-0.2, -0.15) is 4.31 Å². The van der Waals surface area contributed by atoms with E-state index in [-0.39, 0.29) is 17.5 Å². The van der Waals surface area contributed by atoms with Crippen molar-refractivity contribution in [1.82, 2.24) is 19.3 Å². The summed E-state index contributed by atoms with van der Waals surface area (Å²) in [5.74, 6) is 0. The van der Waals surface area contributed by atoms with E-state index in [1.165, 1.54) is 4.31 Å². The van der Waals surface area contributed by atoms with Crippen LogP contribution in [0, 0.1) is 0 Å². The first-order chi connectivity index (χ1) is 11.3. The quantitative estimate of drug-likeness (QED) is 0.903. The number of aliphatic hydroxyl groups is 1. The number of benzene rings is 1. The van der Waals surface area contributed by atoms with Gasteiger partial charge in [0.2, 0.25) is 10.0 Å². The molecular formula is C16H22N4O3S. The van der Waals surface area contributed by atoms with Crippen LogP contribution < -0.4 is 0 Å². The van der Waals surface area contributed by atoms with Crippen molar-refractivity contribution in [2.24, 2.45) is 0 Å². The van der Waals surface area contributed by atoms with Crippen molar-refractivity contribution in [2.75, 3.05) is 13.1 Å². The van der Waals surface area contributed by atoms with Gasteiger partial charge in [-0.05, 0) is 38.8 Å². The molecule has 0 unspecified atom stereocenters. The number of piperidine rings is 1. The summed E-state index contributed by atoms with van der Waals surface area (Å²) in [5, 5.41) is 19.1. The van der Waals surface area contributed by atoms with E-state index < -0.39 is 15.6 Å². The van der Waals surface area contributed by atoms with E-state index in [9.17, 15) is 13.5 Å². The van der Waals surface area contributed by atoms with Crippen LogP contribution in [0.15, 0.2) is 41.4 Å². The maximum atomic E-state index is 12.8. The monoisotopic (exact) mass is 350 g/mol. The highest BCUT2D eigenvalue weighted by atomic mass is 32.2. The van der Waals surface area contributed by atoms with E-state index >= 15 is 0 Å². The number of hydrogen-bond donors (Lipinski definition) is 1. The molecule has 1 atom stereocenters. The van der Waals surface area contributed by atoms with Gasteiger partial charge in [0.05, 0.1) is 11.1 Å². The second-order valence-corrected chi connectivity index (χ2v) is 8.40. The van der Waals surface area contributed by atoms with E-state index in [1.807, 2.05) is 13.8 Å². The molecule has 24 heavy (non-hydrogen) atoms. The minimum atomic E-state index is -3.63. The van der Waals surface area contributed by atoms with Gasteiger partial charge in [0.25, 0.3) is 0 Å². The van der Waals surface area contributed by atoms with Gasteiger partial charge in [-0.1, -0.05) is 23.4 Å². The number of nitrogens with zero attached hydrogens (tertiary/aromatic N) is 4. The van der Waals surface area contributed by atoms with Crippen molar-refractivity contribution < 1.29 is 13.5 Å². The van der Waals surface area contributed by atoms with E-state index in [1.54, 1.807) is 41.2 Å². The smallest absolute Gasteiger partial charge is 0.243 e. The molecule has 0 spiro atoms. The molecular weight excluding hydrogens is 328 g/mol. The summed E-state index contributed by atoms with van der Waals surface area (Å²) < 4.78 is 28.6. The van der Waals surface area contributed by atoms with Gasteiger partial charge in [0.1, 0.15) is 11.3 Å². The van der Waals surface area contributed by atoms with E-state index in [4.69, 9.17) is 0 Å². The Hall–Kier alpha value is -1.77. The zero-order valence-electron chi connectivity index (χ0n) is 13.8. The van der Waals surface area contributed by atoms with Crippen molar-refractivity contribution in [2.45, 2.75) is 43.2 Å². The average Bonchev–Trinajstić information content (AvgIpc) is 3.07. The molecule has 2 heterocycles. The Bertz CT molecular complexity index is 804. The summed E-state index contributed by atoms with van der Waals surface area (Å²) in [4.78, 5) is 0.236. The first-order valence-electron chi connectivity index (χ1n) is 8.03. The second-order valence-electron chi connectivity index (χ2n) is 6.46. The Kier molecular flexibility index (Phi) is 4.46. The fourth-order valence-corrected chi connectivity index (χ4v) is 4.45. The lowest BCUT2D eigenvalue weighted by molar-refractivity contribution is -0.0161. The van der Waals surface area contributed by atoms with Crippen LogP contribution >= 0.6 is 0 Å². The van der Waals surface area contributed by atoms with Gasteiger partial charge in [0, 0.05) is 19.1 Å². The second kappa shape index (κ2) is 6.27. The van der Waals surface area contributed by atoms with Gasteiger partial charge in [-0.3, -0.25) is 0 Å². The molecule has 1 N–H and O–H groups in total. The molecule has 0 aliphatic carbocycles. The summed E-state index contributed by atoms with van der Waals surface area (Å²) in [7, 11) is -3.63. The van der Waals surface area contributed by atoms with E-state index in [0.717, 1.165) is 0 Å². The van der Waals surface area contributed by atoms with Crippen LogP contribution in [0.1, 0.15) is 38.4 Å². The summed E-state index contributed by atoms with van der Waals surface area (Å²) >= 11 is 0. The highest BCUT2D eigenvalue weighted by Gasteiger charge is 2.41. The molecule has 1 aromatic heterocycles. The van der Waals surface area contributed by atoms with Crippen molar-refractivity contribution in [3.8, 4) is 0 Å². The zero-order chi connectivity index (χ0) is 17.4. The molecule has 8 heteroatoms. The minimum Gasteiger partial charge on any atom is -0.382 e. The molecule has 1 saturated heterocycles. The molecule has 0 radical (unpaired) electrons. The molecule has 3 rings (SSSR count). The molecule has 0 amide bonds. The van der Waals surface area contributed by atoms with Crippen molar-refractivity contribution in [3.63, 3.8) is 0 Å². The van der Waals surface area contributed by atoms with Crippen LogP contribution in [0.25, 0.3) is 0 Å². The van der Waals surface area contributed by atoms with Gasteiger partial charge in [0.15, 0.2) is 0 Å². The Labute approximate surface area is 142 Å². The van der Waals surface area contributed by atoms with Gasteiger partial charge >= 0.3 is 0 Å². The van der Waals surface area contributed by atoms with E-state index in [0.29, 0.717) is 25.1 Å². The number of β-amino-alcohol motifs (C(OH)–C–C–N with tert-alkyl or cyclic N) is 1. The van der Waals surface area contributed by atoms with E-state index in [2.05, 4.69) is 10.3 Å². The molecule has 130 valence electrons. The van der Waals surface area contributed by atoms with Crippen LogP contribution in [0.2, 0.25) is 0 Å². The number of aromatic nitrogens is 3. The Morgan fingerprint density at radius 2 is 1.96 bits per heavy atom. The Morgan fingerprint density at radius 3 is 2.58 bits per heavy atom. The topological polar surface area (TPSA) is 88.3 Å². The van der Waals surface area contributed by atoms with Crippen LogP contribution in [0.3, 0.4) is 0 Å². The van der Waals surface area contributed by atoms with Crippen molar-refractivity contribution in [1.29, 1.82) is 0 Å². The normalized spacial score (nSPS) is 22.8. The first-order valence-corrected chi connectivity index (χ1v) is 9.47. The molecule has 0 saturated carbocycles.